The number of ether oxygens (including phenoxy) is 2. The number of esters is 1. The molecule has 1 fully saturated rings. The summed E-state index contributed by atoms with van der Waals surface area (Å²) in [4.78, 5) is 18.2. The van der Waals surface area contributed by atoms with Crippen LogP contribution in [0.2, 0.25) is 0 Å². The Kier molecular flexibility index (Phi) is 5.17. The largest absolute Gasteiger partial charge is 0.461 e. The molecule has 0 atom stereocenters. The Morgan fingerprint density at radius 2 is 2.18 bits per heavy atom. The van der Waals surface area contributed by atoms with Gasteiger partial charge in [-0.3, -0.25) is 4.90 Å². The number of methoxy groups -OCH3 is 1. The third kappa shape index (κ3) is 3.85. The molecule has 0 N–H and O–H groups in total. The van der Waals surface area contributed by atoms with Crippen molar-refractivity contribution in [3.63, 3.8) is 0 Å². The van der Waals surface area contributed by atoms with Gasteiger partial charge in [0, 0.05) is 20.2 Å². The lowest BCUT2D eigenvalue weighted by molar-refractivity contribution is -0.0598. The first-order chi connectivity index (χ1) is 10.5. The standard InChI is InChI=1S/C17H22N2O3/c1-5-22-16(20)15-8-6-7-13(18-15)9-10-17(2,3)19-11-14(12-19)21-4/h6-8,14H,5,11-12H2,1-4H3. The molecule has 2 heterocycles. The maximum absolute atomic E-state index is 11.7. The molecule has 118 valence electrons. The molecule has 22 heavy (non-hydrogen) atoms. The van der Waals surface area contributed by atoms with Crippen molar-refractivity contribution >= 4 is 5.97 Å². The highest BCUT2D eigenvalue weighted by molar-refractivity contribution is 5.87. The van der Waals surface area contributed by atoms with Crippen LogP contribution < -0.4 is 0 Å². The normalized spacial score (nSPS) is 15.6. The van der Waals surface area contributed by atoms with Gasteiger partial charge in [-0.05, 0) is 38.8 Å². The van der Waals surface area contributed by atoms with E-state index in [4.69, 9.17) is 9.47 Å². The van der Waals surface area contributed by atoms with Gasteiger partial charge < -0.3 is 9.47 Å². The molecule has 1 aliphatic heterocycles. The van der Waals surface area contributed by atoms with Crippen LogP contribution in [0.1, 0.15) is 37.0 Å². The molecule has 1 aliphatic rings. The van der Waals surface area contributed by atoms with E-state index in [9.17, 15) is 4.79 Å². The second kappa shape index (κ2) is 6.91. The minimum absolute atomic E-state index is 0.253. The Morgan fingerprint density at radius 3 is 2.82 bits per heavy atom. The molecule has 0 radical (unpaired) electrons. The van der Waals surface area contributed by atoms with E-state index in [1.54, 1.807) is 32.2 Å². The van der Waals surface area contributed by atoms with E-state index in [1.165, 1.54) is 0 Å². The molecule has 5 heteroatoms. The summed E-state index contributed by atoms with van der Waals surface area (Å²) in [5, 5.41) is 0. The van der Waals surface area contributed by atoms with Gasteiger partial charge in [-0.2, -0.15) is 0 Å². The van der Waals surface area contributed by atoms with Crippen molar-refractivity contribution in [3.8, 4) is 11.8 Å². The lowest BCUT2D eigenvalue weighted by Gasteiger charge is -2.45. The number of carbonyl (C=O) groups excluding carboxylic acids is 1. The van der Waals surface area contributed by atoms with Crippen molar-refractivity contribution in [2.24, 2.45) is 0 Å². The fourth-order valence-corrected chi connectivity index (χ4v) is 2.16. The number of carbonyl (C=O) groups is 1. The second-order valence-electron chi connectivity index (χ2n) is 5.70. The average molecular weight is 302 g/mol. The summed E-state index contributed by atoms with van der Waals surface area (Å²) in [6, 6.07) is 5.19. The zero-order valence-corrected chi connectivity index (χ0v) is 13.5. The van der Waals surface area contributed by atoms with E-state index in [0.717, 1.165) is 13.1 Å². The van der Waals surface area contributed by atoms with Gasteiger partial charge in [0.05, 0.1) is 18.2 Å². The molecule has 5 nitrogen and oxygen atoms in total. The molecule has 0 unspecified atom stereocenters. The SMILES string of the molecule is CCOC(=O)c1cccc(C#CC(C)(C)N2CC(OC)C2)n1. The van der Waals surface area contributed by atoms with Crippen molar-refractivity contribution in [2.75, 3.05) is 26.8 Å². The summed E-state index contributed by atoms with van der Waals surface area (Å²) in [6.07, 6.45) is 0.298. The van der Waals surface area contributed by atoms with Crippen molar-refractivity contribution in [1.29, 1.82) is 0 Å². The van der Waals surface area contributed by atoms with Crippen LogP contribution in [-0.2, 0) is 9.47 Å². The molecule has 1 aromatic rings. The predicted octanol–water partition coefficient (Wildman–Crippen LogP) is 1.72. The molecule has 1 aromatic heterocycles. The molecule has 2 rings (SSSR count). The smallest absolute Gasteiger partial charge is 0.356 e. The van der Waals surface area contributed by atoms with Gasteiger partial charge in [0.1, 0.15) is 11.4 Å². The van der Waals surface area contributed by atoms with Crippen LogP contribution in [-0.4, -0.2) is 54.3 Å². The third-order valence-electron chi connectivity index (χ3n) is 3.70. The fourth-order valence-electron chi connectivity index (χ4n) is 2.16. The van der Waals surface area contributed by atoms with Crippen molar-refractivity contribution < 1.29 is 14.3 Å². The highest BCUT2D eigenvalue weighted by Gasteiger charge is 2.36. The van der Waals surface area contributed by atoms with Crippen molar-refractivity contribution in [3.05, 3.63) is 29.6 Å². The minimum Gasteiger partial charge on any atom is -0.461 e. The molecular weight excluding hydrogens is 280 g/mol. The lowest BCUT2D eigenvalue weighted by atomic mass is 9.97. The minimum atomic E-state index is -0.420. The second-order valence-corrected chi connectivity index (χ2v) is 5.70. The van der Waals surface area contributed by atoms with E-state index in [-0.39, 0.29) is 11.2 Å². The van der Waals surface area contributed by atoms with E-state index < -0.39 is 5.97 Å². The van der Waals surface area contributed by atoms with Crippen LogP contribution in [0.3, 0.4) is 0 Å². The first-order valence-corrected chi connectivity index (χ1v) is 7.41. The number of likely N-dealkylation sites (tertiary alicyclic amines) is 1. The van der Waals surface area contributed by atoms with Crippen molar-refractivity contribution in [1.82, 2.24) is 9.88 Å². The lowest BCUT2D eigenvalue weighted by Crippen LogP contribution is -2.60. The molecule has 0 spiro atoms. The summed E-state index contributed by atoms with van der Waals surface area (Å²) in [5.74, 6) is 5.86. The molecular formula is C17H22N2O3. The summed E-state index contributed by atoms with van der Waals surface area (Å²) in [6.45, 7) is 8.01. The van der Waals surface area contributed by atoms with Crippen LogP contribution in [0.15, 0.2) is 18.2 Å². The zero-order valence-electron chi connectivity index (χ0n) is 13.5. The van der Waals surface area contributed by atoms with Gasteiger partial charge >= 0.3 is 5.97 Å². The number of aromatic nitrogens is 1. The molecule has 0 aromatic carbocycles. The Morgan fingerprint density at radius 1 is 1.45 bits per heavy atom. The quantitative estimate of drug-likeness (QED) is 0.626. The van der Waals surface area contributed by atoms with Crippen LogP contribution >= 0.6 is 0 Å². The first-order valence-electron chi connectivity index (χ1n) is 7.41. The highest BCUT2D eigenvalue weighted by atomic mass is 16.5. The predicted molar refractivity (Wildman–Crippen MR) is 83.5 cm³/mol. The maximum Gasteiger partial charge on any atom is 0.356 e. The monoisotopic (exact) mass is 302 g/mol. The number of rotatable bonds is 4. The van der Waals surface area contributed by atoms with Gasteiger partial charge in [-0.25, -0.2) is 9.78 Å². The van der Waals surface area contributed by atoms with E-state index in [0.29, 0.717) is 18.4 Å². The van der Waals surface area contributed by atoms with E-state index in [1.807, 2.05) is 0 Å². The van der Waals surface area contributed by atoms with Crippen LogP contribution in [0.5, 0.6) is 0 Å². The first kappa shape index (κ1) is 16.5. The van der Waals surface area contributed by atoms with E-state index in [2.05, 4.69) is 35.6 Å². The molecule has 0 amide bonds. The Bertz CT molecular complexity index is 595. The van der Waals surface area contributed by atoms with Gasteiger partial charge in [0.15, 0.2) is 0 Å². The molecule has 0 bridgehead atoms. The molecule has 1 saturated heterocycles. The summed E-state index contributed by atoms with van der Waals surface area (Å²) in [5.41, 5.74) is 0.605. The Balaban J connectivity index is 2.08. The summed E-state index contributed by atoms with van der Waals surface area (Å²) in [7, 11) is 1.73. The zero-order chi connectivity index (χ0) is 16.2. The van der Waals surface area contributed by atoms with Gasteiger partial charge in [0.2, 0.25) is 0 Å². The van der Waals surface area contributed by atoms with Crippen LogP contribution in [0.4, 0.5) is 0 Å². The van der Waals surface area contributed by atoms with Crippen LogP contribution in [0, 0.1) is 11.8 Å². The third-order valence-corrected chi connectivity index (χ3v) is 3.70. The molecule has 0 saturated carbocycles. The van der Waals surface area contributed by atoms with E-state index >= 15 is 0 Å². The molecule has 0 aliphatic carbocycles. The average Bonchev–Trinajstić information content (AvgIpc) is 2.44. The summed E-state index contributed by atoms with van der Waals surface area (Å²) < 4.78 is 10.2. The number of pyridine rings is 1. The van der Waals surface area contributed by atoms with Gasteiger partial charge in [0.25, 0.3) is 0 Å². The Hall–Kier alpha value is -1.90. The highest BCUT2D eigenvalue weighted by Crippen LogP contribution is 2.22. The van der Waals surface area contributed by atoms with Crippen molar-refractivity contribution in [2.45, 2.75) is 32.4 Å². The van der Waals surface area contributed by atoms with Crippen LogP contribution in [0.25, 0.3) is 0 Å². The van der Waals surface area contributed by atoms with Gasteiger partial charge in [-0.15, -0.1) is 0 Å². The topological polar surface area (TPSA) is 51.7 Å². The van der Waals surface area contributed by atoms with Gasteiger partial charge in [-0.1, -0.05) is 12.0 Å². The fraction of sp³-hybridized carbons (Fsp3) is 0.529. The number of nitrogens with zero attached hydrogens (tertiary/aromatic N) is 2. The number of hydrogen-bond donors (Lipinski definition) is 0. The summed E-state index contributed by atoms with van der Waals surface area (Å²) >= 11 is 0. The maximum atomic E-state index is 11.7. The Labute approximate surface area is 131 Å². The number of hydrogen-bond acceptors (Lipinski definition) is 5.